The number of carbonyl (C=O) groups excluding carboxylic acids is 1. The lowest BCUT2D eigenvalue weighted by atomic mass is 9.79. The van der Waals surface area contributed by atoms with Crippen molar-refractivity contribution in [3.8, 4) is 0 Å². The molecule has 0 spiro atoms. The maximum absolute atomic E-state index is 12.3. The highest BCUT2D eigenvalue weighted by Crippen LogP contribution is 2.43. The highest BCUT2D eigenvalue weighted by molar-refractivity contribution is 5.76. The summed E-state index contributed by atoms with van der Waals surface area (Å²) in [6.07, 6.45) is -0.273. The van der Waals surface area contributed by atoms with Crippen LogP contribution in [0, 0.1) is 12.5 Å². The largest absolute Gasteiger partial charge is 0.394 e. The lowest BCUT2D eigenvalue weighted by Crippen LogP contribution is -2.38. The van der Waals surface area contributed by atoms with Gasteiger partial charge < -0.3 is 10.4 Å². The Morgan fingerprint density at radius 1 is 1.62 bits per heavy atom. The van der Waals surface area contributed by atoms with E-state index in [1.807, 2.05) is 0 Å². The molecule has 2 N–H and O–H groups in total. The van der Waals surface area contributed by atoms with E-state index in [9.17, 15) is 13.6 Å². The van der Waals surface area contributed by atoms with Gasteiger partial charge in [-0.15, -0.1) is 0 Å². The van der Waals surface area contributed by atoms with Crippen LogP contribution in [0.5, 0.6) is 0 Å². The van der Waals surface area contributed by atoms with Crippen LogP contribution in [0.3, 0.4) is 0 Å². The van der Waals surface area contributed by atoms with Crippen LogP contribution in [0.15, 0.2) is 0 Å². The zero-order chi connectivity index (χ0) is 9.90. The topological polar surface area (TPSA) is 49.3 Å². The first-order valence-electron chi connectivity index (χ1n) is 4.13. The van der Waals surface area contributed by atoms with E-state index in [1.165, 1.54) is 6.54 Å². The molecule has 0 aliphatic heterocycles. The van der Waals surface area contributed by atoms with Gasteiger partial charge in [0, 0.05) is 19.3 Å². The second kappa shape index (κ2) is 4.00. The Morgan fingerprint density at radius 2 is 2.23 bits per heavy atom. The van der Waals surface area contributed by atoms with E-state index in [4.69, 9.17) is 5.11 Å². The third-order valence-electron chi connectivity index (χ3n) is 2.00. The van der Waals surface area contributed by atoms with Gasteiger partial charge >= 0.3 is 0 Å². The van der Waals surface area contributed by atoms with Crippen LogP contribution in [0.1, 0.15) is 19.3 Å². The van der Waals surface area contributed by atoms with Gasteiger partial charge in [-0.3, -0.25) is 4.79 Å². The molecule has 0 heterocycles. The molecule has 0 saturated heterocycles. The van der Waals surface area contributed by atoms with Crippen molar-refractivity contribution in [2.45, 2.75) is 25.2 Å². The predicted molar refractivity (Wildman–Crippen MR) is 41.8 cm³/mol. The van der Waals surface area contributed by atoms with Crippen molar-refractivity contribution in [3.63, 3.8) is 0 Å². The van der Waals surface area contributed by atoms with E-state index < -0.39 is 5.92 Å². The molecular formula is C8H12F2NO2. The SMILES string of the molecule is O=C(CC1CC(F)(F)C1)N[CH]CO. The quantitative estimate of drug-likeness (QED) is 0.688. The summed E-state index contributed by atoms with van der Waals surface area (Å²) in [7, 11) is 0. The molecule has 1 radical (unpaired) electrons. The third kappa shape index (κ3) is 3.26. The van der Waals surface area contributed by atoms with Crippen molar-refractivity contribution in [2.24, 2.45) is 5.92 Å². The molecular weight excluding hydrogens is 180 g/mol. The van der Waals surface area contributed by atoms with E-state index in [0.29, 0.717) is 0 Å². The highest BCUT2D eigenvalue weighted by atomic mass is 19.3. The van der Waals surface area contributed by atoms with Crippen molar-refractivity contribution in [1.82, 2.24) is 5.32 Å². The minimum absolute atomic E-state index is 0.117. The number of alkyl halides is 2. The molecule has 1 aliphatic rings. The standard InChI is InChI=1S/C8H12F2NO2/c9-8(10)4-6(5-8)3-7(13)11-1-2-12/h1,6,12H,2-5H2,(H,11,13). The molecule has 0 unspecified atom stereocenters. The van der Waals surface area contributed by atoms with Crippen molar-refractivity contribution in [3.05, 3.63) is 6.54 Å². The molecule has 1 fully saturated rings. The van der Waals surface area contributed by atoms with Gasteiger partial charge in [0.15, 0.2) is 0 Å². The Hall–Kier alpha value is -0.710. The van der Waals surface area contributed by atoms with Crippen LogP contribution in [0.25, 0.3) is 0 Å². The van der Waals surface area contributed by atoms with E-state index in [0.717, 1.165) is 0 Å². The number of rotatable bonds is 4. The average Bonchev–Trinajstić information content (AvgIpc) is 1.97. The molecule has 0 aromatic rings. The Bertz CT molecular complexity index is 189. The number of nitrogens with one attached hydrogen (secondary N) is 1. The van der Waals surface area contributed by atoms with Crippen molar-refractivity contribution < 1.29 is 18.7 Å². The number of aliphatic hydroxyl groups excluding tert-OH is 1. The van der Waals surface area contributed by atoms with Crippen LogP contribution in [-0.2, 0) is 4.79 Å². The fraction of sp³-hybridized carbons (Fsp3) is 0.750. The second-order valence-corrected chi connectivity index (χ2v) is 3.29. The van der Waals surface area contributed by atoms with Crippen molar-refractivity contribution in [2.75, 3.05) is 6.61 Å². The van der Waals surface area contributed by atoms with Gasteiger partial charge in [0.05, 0.1) is 13.2 Å². The van der Waals surface area contributed by atoms with Crippen LogP contribution < -0.4 is 5.32 Å². The Labute approximate surface area is 75.1 Å². The average molecular weight is 192 g/mol. The zero-order valence-electron chi connectivity index (χ0n) is 7.09. The zero-order valence-corrected chi connectivity index (χ0v) is 7.09. The number of hydrogen-bond acceptors (Lipinski definition) is 2. The maximum Gasteiger partial charge on any atom is 0.248 e. The minimum atomic E-state index is -2.56. The van der Waals surface area contributed by atoms with Gasteiger partial charge in [0.25, 0.3) is 0 Å². The smallest absolute Gasteiger partial charge is 0.248 e. The number of hydrogen-bond donors (Lipinski definition) is 2. The molecule has 13 heavy (non-hydrogen) atoms. The summed E-state index contributed by atoms with van der Waals surface area (Å²) < 4.78 is 24.6. The molecule has 1 aliphatic carbocycles. The van der Waals surface area contributed by atoms with Gasteiger partial charge in [-0.2, -0.15) is 0 Å². The van der Waals surface area contributed by atoms with Gasteiger partial charge in [-0.25, -0.2) is 8.78 Å². The molecule has 1 saturated carbocycles. The number of amides is 1. The van der Waals surface area contributed by atoms with Gasteiger partial charge in [0.1, 0.15) is 0 Å². The van der Waals surface area contributed by atoms with Gasteiger partial charge in [-0.1, -0.05) is 0 Å². The van der Waals surface area contributed by atoms with Crippen LogP contribution >= 0.6 is 0 Å². The summed E-state index contributed by atoms with van der Waals surface area (Å²) in [6, 6.07) is 0. The molecule has 1 amide bonds. The van der Waals surface area contributed by atoms with Gasteiger partial charge in [-0.05, 0) is 5.92 Å². The molecule has 3 nitrogen and oxygen atoms in total. The normalized spacial score (nSPS) is 20.8. The lowest BCUT2D eigenvalue weighted by molar-refractivity contribution is -0.133. The fourth-order valence-corrected chi connectivity index (χ4v) is 1.41. The predicted octanol–water partition coefficient (Wildman–Crippen LogP) is 0.692. The Morgan fingerprint density at radius 3 is 2.69 bits per heavy atom. The molecule has 1 rings (SSSR count). The maximum atomic E-state index is 12.3. The van der Waals surface area contributed by atoms with E-state index in [2.05, 4.69) is 5.32 Å². The summed E-state index contributed by atoms with van der Waals surface area (Å²) >= 11 is 0. The Balaban J connectivity index is 2.10. The first-order valence-corrected chi connectivity index (χ1v) is 4.13. The molecule has 75 valence electrons. The number of halogens is 2. The second-order valence-electron chi connectivity index (χ2n) is 3.29. The monoisotopic (exact) mass is 192 g/mol. The molecule has 0 bridgehead atoms. The fourth-order valence-electron chi connectivity index (χ4n) is 1.41. The minimum Gasteiger partial charge on any atom is -0.394 e. The first-order chi connectivity index (χ1) is 6.03. The van der Waals surface area contributed by atoms with Crippen molar-refractivity contribution >= 4 is 5.91 Å². The number of carbonyl (C=O) groups is 1. The summed E-state index contributed by atoms with van der Waals surface area (Å²) in [6.45, 7) is 0.950. The van der Waals surface area contributed by atoms with E-state index >= 15 is 0 Å². The summed E-state index contributed by atoms with van der Waals surface area (Å²) in [5, 5.41) is 10.6. The van der Waals surface area contributed by atoms with Crippen molar-refractivity contribution in [1.29, 1.82) is 0 Å². The van der Waals surface area contributed by atoms with Crippen LogP contribution in [-0.4, -0.2) is 23.5 Å². The molecule has 0 aromatic carbocycles. The lowest BCUT2D eigenvalue weighted by Gasteiger charge is -2.34. The van der Waals surface area contributed by atoms with Crippen LogP contribution in [0.2, 0.25) is 0 Å². The van der Waals surface area contributed by atoms with E-state index in [-0.39, 0.29) is 37.7 Å². The number of aliphatic hydroxyl groups is 1. The molecule has 0 aromatic heterocycles. The third-order valence-corrected chi connectivity index (χ3v) is 2.00. The first kappa shape index (κ1) is 10.4. The summed E-state index contributed by atoms with van der Waals surface area (Å²) in [5.41, 5.74) is 0. The summed E-state index contributed by atoms with van der Waals surface area (Å²) in [4.78, 5) is 10.9. The highest BCUT2D eigenvalue weighted by Gasteiger charge is 2.45. The Kier molecular flexibility index (Phi) is 3.19. The van der Waals surface area contributed by atoms with Crippen LogP contribution in [0.4, 0.5) is 8.78 Å². The molecule has 0 atom stereocenters. The molecule has 5 heteroatoms. The van der Waals surface area contributed by atoms with Gasteiger partial charge in [0.2, 0.25) is 11.8 Å². The summed E-state index contributed by atoms with van der Waals surface area (Å²) in [5.74, 6) is -3.08. The van der Waals surface area contributed by atoms with E-state index in [1.54, 1.807) is 0 Å².